The summed E-state index contributed by atoms with van der Waals surface area (Å²) in [4.78, 5) is 23.9. The standard InChI is InChI=1S/C17H17BrN2O5/c1-3-24-16-13(18)9-11(10-14(16)23-2)17(22)20-19-15(21)7-6-12-5-4-8-25-12/h4-10H,3H2,1-2H3,(H,19,21)(H,20,22)/b7-6+. The third-order valence-electron chi connectivity index (χ3n) is 3.02. The molecule has 1 aromatic heterocycles. The van der Waals surface area contributed by atoms with E-state index < -0.39 is 11.8 Å². The molecule has 2 amide bonds. The Labute approximate surface area is 153 Å². The average molecular weight is 409 g/mol. The Bertz CT molecular complexity index is 772. The van der Waals surface area contributed by atoms with Crippen molar-refractivity contribution in [3.63, 3.8) is 0 Å². The van der Waals surface area contributed by atoms with Gasteiger partial charge in [0.1, 0.15) is 5.76 Å². The normalized spacial score (nSPS) is 10.5. The highest BCUT2D eigenvalue weighted by molar-refractivity contribution is 9.10. The molecule has 8 heteroatoms. The molecule has 2 aromatic rings. The Morgan fingerprint density at radius 2 is 2.12 bits per heavy atom. The zero-order valence-corrected chi connectivity index (χ0v) is 15.3. The summed E-state index contributed by atoms with van der Waals surface area (Å²) in [5, 5.41) is 0. The van der Waals surface area contributed by atoms with Gasteiger partial charge in [-0.15, -0.1) is 0 Å². The van der Waals surface area contributed by atoms with Crippen LogP contribution in [0.15, 0.2) is 45.5 Å². The lowest BCUT2D eigenvalue weighted by atomic mass is 10.2. The number of nitrogens with one attached hydrogen (secondary N) is 2. The molecule has 0 aliphatic rings. The van der Waals surface area contributed by atoms with E-state index in [9.17, 15) is 9.59 Å². The number of halogens is 1. The molecule has 132 valence electrons. The van der Waals surface area contributed by atoms with Gasteiger partial charge in [-0.05, 0) is 53.2 Å². The maximum Gasteiger partial charge on any atom is 0.269 e. The lowest BCUT2D eigenvalue weighted by Gasteiger charge is -2.13. The van der Waals surface area contributed by atoms with Crippen molar-refractivity contribution in [2.45, 2.75) is 6.92 Å². The van der Waals surface area contributed by atoms with Gasteiger partial charge >= 0.3 is 0 Å². The topological polar surface area (TPSA) is 89.8 Å². The summed E-state index contributed by atoms with van der Waals surface area (Å²) in [5.41, 5.74) is 4.90. The molecular formula is C17H17BrN2O5. The Morgan fingerprint density at radius 3 is 2.76 bits per heavy atom. The molecule has 0 fully saturated rings. The highest BCUT2D eigenvalue weighted by Gasteiger charge is 2.15. The summed E-state index contributed by atoms with van der Waals surface area (Å²) in [6.45, 7) is 2.30. The number of hydrogen-bond acceptors (Lipinski definition) is 5. The van der Waals surface area contributed by atoms with Gasteiger partial charge in [0.25, 0.3) is 11.8 Å². The van der Waals surface area contributed by atoms with E-state index in [1.54, 1.807) is 18.2 Å². The van der Waals surface area contributed by atoms with Crippen LogP contribution in [0.2, 0.25) is 0 Å². The highest BCUT2D eigenvalue weighted by Crippen LogP contribution is 2.36. The first-order valence-corrected chi connectivity index (χ1v) is 8.16. The number of carbonyl (C=O) groups is 2. The SMILES string of the molecule is CCOc1c(Br)cc(C(=O)NNC(=O)/C=C/c2ccco2)cc1OC. The fraction of sp³-hybridized carbons (Fsp3) is 0.176. The van der Waals surface area contributed by atoms with E-state index in [0.717, 1.165) is 0 Å². The first kappa shape index (κ1) is 18.6. The molecule has 0 atom stereocenters. The zero-order chi connectivity index (χ0) is 18.2. The zero-order valence-electron chi connectivity index (χ0n) is 13.7. The van der Waals surface area contributed by atoms with Crippen LogP contribution in [0.25, 0.3) is 6.08 Å². The van der Waals surface area contributed by atoms with Gasteiger partial charge in [-0.25, -0.2) is 0 Å². The number of rotatable bonds is 6. The van der Waals surface area contributed by atoms with Gasteiger partial charge in [0.2, 0.25) is 0 Å². The van der Waals surface area contributed by atoms with E-state index in [-0.39, 0.29) is 0 Å². The molecule has 0 spiro atoms. The second kappa shape index (κ2) is 8.93. The smallest absolute Gasteiger partial charge is 0.269 e. The molecule has 0 unspecified atom stereocenters. The molecule has 0 aliphatic carbocycles. The van der Waals surface area contributed by atoms with Crippen molar-refractivity contribution in [1.29, 1.82) is 0 Å². The molecule has 0 radical (unpaired) electrons. The first-order valence-electron chi connectivity index (χ1n) is 7.37. The van der Waals surface area contributed by atoms with Gasteiger partial charge in [-0.3, -0.25) is 20.4 Å². The largest absolute Gasteiger partial charge is 0.493 e. The molecule has 7 nitrogen and oxygen atoms in total. The lowest BCUT2D eigenvalue weighted by molar-refractivity contribution is -0.117. The average Bonchev–Trinajstić information content (AvgIpc) is 3.13. The molecule has 2 rings (SSSR count). The summed E-state index contributed by atoms with van der Waals surface area (Å²) in [6, 6.07) is 6.51. The van der Waals surface area contributed by atoms with Crippen LogP contribution in [0.5, 0.6) is 11.5 Å². The van der Waals surface area contributed by atoms with Gasteiger partial charge < -0.3 is 13.9 Å². The van der Waals surface area contributed by atoms with E-state index in [1.807, 2.05) is 6.92 Å². The number of hydrogen-bond donors (Lipinski definition) is 2. The van der Waals surface area contributed by atoms with Crippen LogP contribution >= 0.6 is 15.9 Å². The first-order chi connectivity index (χ1) is 12.0. The van der Waals surface area contributed by atoms with Gasteiger partial charge in [0, 0.05) is 11.6 Å². The van der Waals surface area contributed by atoms with E-state index in [0.29, 0.717) is 33.9 Å². The second-order valence-electron chi connectivity index (χ2n) is 4.71. The van der Waals surface area contributed by atoms with E-state index in [2.05, 4.69) is 26.8 Å². The summed E-state index contributed by atoms with van der Waals surface area (Å²) in [6.07, 6.45) is 4.22. The van der Waals surface area contributed by atoms with Crippen LogP contribution in [0.4, 0.5) is 0 Å². The minimum absolute atomic E-state index is 0.294. The Kier molecular flexibility index (Phi) is 6.64. The molecular weight excluding hydrogens is 392 g/mol. The van der Waals surface area contributed by atoms with Crippen molar-refractivity contribution in [3.8, 4) is 11.5 Å². The number of hydrazine groups is 1. The Balaban J connectivity index is 2.00. The third kappa shape index (κ3) is 5.12. The quantitative estimate of drug-likeness (QED) is 0.566. The Morgan fingerprint density at radius 1 is 1.32 bits per heavy atom. The summed E-state index contributed by atoms with van der Waals surface area (Å²) >= 11 is 3.34. The van der Waals surface area contributed by atoms with Crippen molar-refractivity contribution >= 4 is 33.8 Å². The molecule has 1 aromatic carbocycles. The number of benzene rings is 1. The summed E-state index contributed by atoms with van der Waals surface area (Å²) < 4.78 is 16.3. The fourth-order valence-corrected chi connectivity index (χ4v) is 2.47. The van der Waals surface area contributed by atoms with Crippen molar-refractivity contribution in [2.75, 3.05) is 13.7 Å². The molecule has 25 heavy (non-hydrogen) atoms. The molecule has 0 saturated heterocycles. The predicted octanol–water partition coefficient (Wildman–Crippen LogP) is 2.92. The molecule has 1 heterocycles. The van der Waals surface area contributed by atoms with Crippen molar-refractivity contribution in [1.82, 2.24) is 10.9 Å². The third-order valence-corrected chi connectivity index (χ3v) is 3.61. The maximum atomic E-state index is 12.2. The van der Waals surface area contributed by atoms with Gasteiger partial charge in [-0.2, -0.15) is 0 Å². The highest BCUT2D eigenvalue weighted by atomic mass is 79.9. The number of ether oxygens (including phenoxy) is 2. The van der Waals surface area contributed by atoms with Crippen LogP contribution in [0, 0.1) is 0 Å². The van der Waals surface area contributed by atoms with Gasteiger partial charge in [-0.1, -0.05) is 0 Å². The van der Waals surface area contributed by atoms with Crippen LogP contribution in [-0.4, -0.2) is 25.5 Å². The van der Waals surface area contributed by atoms with Crippen LogP contribution in [0.3, 0.4) is 0 Å². The monoisotopic (exact) mass is 408 g/mol. The molecule has 0 aliphatic heterocycles. The van der Waals surface area contributed by atoms with Crippen LogP contribution in [-0.2, 0) is 4.79 Å². The van der Waals surface area contributed by atoms with Gasteiger partial charge in [0.15, 0.2) is 11.5 Å². The summed E-state index contributed by atoms with van der Waals surface area (Å²) in [5.74, 6) is 0.447. The molecule has 0 saturated carbocycles. The minimum Gasteiger partial charge on any atom is -0.493 e. The van der Waals surface area contributed by atoms with Crippen molar-refractivity contribution in [2.24, 2.45) is 0 Å². The van der Waals surface area contributed by atoms with Crippen LogP contribution in [0.1, 0.15) is 23.0 Å². The number of methoxy groups -OCH3 is 1. The minimum atomic E-state index is -0.498. The molecule has 2 N–H and O–H groups in total. The number of furan rings is 1. The lowest BCUT2D eigenvalue weighted by Crippen LogP contribution is -2.40. The summed E-state index contributed by atoms with van der Waals surface area (Å²) in [7, 11) is 1.48. The van der Waals surface area contributed by atoms with Crippen molar-refractivity contribution in [3.05, 3.63) is 52.4 Å². The molecule has 0 bridgehead atoms. The second-order valence-corrected chi connectivity index (χ2v) is 5.57. The number of carbonyl (C=O) groups excluding carboxylic acids is 2. The maximum absolute atomic E-state index is 12.2. The van der Waals surface area contributed by atoms with E-state index in [1.165, 1.54) is 31.6 Å². The fourth-order valence-electron chi connectivity index (χ4n) is 1.91. The van der Waals surface area contributed by atoms with Crippen molar-refractivity contribution < 1.29 is 23.5 Å². The Hall–Kier alpha value is -2.74. The van der Waals surface area contributed by atoms with E-state index in [4.69, 9.17) is 13.9 Å². The number of amides is 2. The van der Waals surface area contributed by atoms with Gasteiger partial charge in [0.05, 0.1) is 24.5 Å². The van der Waals surface area contributed by atoms with Crippen LogP contribution < -0.4 is 20.3 Å². The predicted molar refractivity (Wildman–Crippen MR) is 95.2 cm³/mol. The van der Waals surface area contributed by atoms with E-state index >= 15 is 0 Å².